The standard InChI is InChI=1S/C11H11O/c1-10(9-12)7-8-11-5-3-2-4-6-11/h2-5,10,12H,9H2,1H3. The van der Waals surface area contributed by atoms with E-state index in [1.54, 1.807) is 0 Å². The molecule has 0 aliphatic heterocycles. The van der Waals surface area contributed by atoms with E-state index in [-0.39, 0.29) is 12.5 Å². The van der Waals surface area contributed by atoms with Crippen LogP contribution < -0.4 is 0 Å². The average molecular weight is 159 g/mol. The molecule has 0 spiro atoms. The summed E-state index contributed by atoms with van der Waals surface area (Å²) in [6.07, 6.45) is 0. The predicted molar refractivity (Wildman–Crippen MR) is 48.4 cm³/mol. The van der Waals surface area contributed by atoms with Crippen LogP contribution in [-0.4, -0.2) is 11.7 Å². The van der Waals surface area contributed by atoms with E-state index in [1.807, 2.05) is 31.2 Å². The zero-order valence-electron chi connectivity index (χ0n) is 7.04. The molecule has 1 nitrogen and oxygen atoms in total. The first-order valence-corrected chi connectivity index (χ1v) is 3.92. The van der Waals surface area contributed by atoms with Gasteiger partial charge < -0.3 is 5.11 Å². The number of rotatable bonds is 1. The van der Waals surface area contributed by atoms with Gasteiger partial charge in [0.2, 0.25) is 0 Å². The summed E-state index contributed by atoms with van der Waals surface area (Å²) < 4.78 is 0. The molecule has 0 saturated carbocycles. The third kappa shape index (κ3) is 2.77. The number of aliphatic hydroxyl groups excluding tert-OH is 1. The highest BCUT2D eigenvalue weighted by Gasteiger charge is 1.90. The van der Waals surface area contributed by atoms with E-state index in [9.17, 15) is 0 Å². The van der Waals surface area contributed by atoms with Crippen molar-refractivity contribution in [2.24, 2.45) is 5.92 Å². The largest absolute Gasteiger partial charge is 0.395 e. The third-order valence-corrected chi connectivity index (χ3v) is 1.44. The maximum atomic E-state index is 8.70. The SMILES string of the molecule is CC(C#Cc1[c]cccc1)CO. The fraction of sp³-hybridized carbons (Fsp3) is 0.273. The summed E-state index contributed by atoms with van der Waals surface area (Å²) in [6, 6.07) is 10.5. The fourth-order valence-electron chi connectivity index (χ4n) is 0.718. The van der Waals surface area contributed by atoms with Crippen molar-refractivity contribution in [1.82, 2.24) is 0 Å². The molecule has 0 saturated heterocycles. The molecule has 1 unspecified atom stereocenters. The second-order valence-corrected chi connectivity index (χ2v) is 2.63. The maximum absolute atomic E-state index is 8.70. The van der Waals surface area contributed by atoms with Gasteiger partial charge in [0.25, 0.3) is 0 Å². The van der Waals surface area contributed by atoms with Crippen molar-refractivity contribution >= 4 is 0 Å². The highest BCUT2D eigenvalue weighted by Crippen LogP contribution is 1.95. The summed E-state index contributed by atoms with van der Waals surface area (Å²) in [5.74, 6) is 5.89. The van der Waals surface area contributed by atoms with Crippen molar-refractivity contribution in [3.05, 3.63) is 35.9 Å². The Hall–Kier alpha value is -1.26. The number of benzene rings is 1. The minimum absolute atomic E-state index is 0.0404. The molecule has 0 aliphatic rings. The van der Waals surface area contributed by atoms with Gasteiger partial charge in [-0.05, 0) is 19.1 Å². The molecular weight excluding hydrogens is 148 g/mol. The van der Waals surface area contributed by atoms with Gasteiger partial charge >= 0.3 is 0 Å². The molecule has 1 heteroatoms. The van der Waals surface area contributed by atoms with E-state index < -0.39 is 0 Å². The zero-order valence-corrected chi connectivity index (χ0v) is 7.04. The molecule has 0 fully saturated rings. The molecule has 0 aromatic heterocycles. The van der Waals surface area contributed by atoms with Crippen LogP contribution in [0.15, 0.2) is 24.3 Å². The van der Waals surface area contributed by atoms with Gasteiger partial charge in [-0.15, -0.1) is 0 Å². The van der Waals surface area contributed by atoms with Crippen molar-refractivity contribution in [3.63, 3.8) is 0 Å². The highest BCUT2D eigenvalue weighted by atomic mass is 16.3. The van der Waals surface area contributed by atoms with E-state index in [0.29, 0.717) is 0 Å². The Labute approximate surface area is 73.0 Å². The molecular formula is C11H11O. The Morgan fingerprint density at radius 2 is 2.42 bits per heavy atom. The first-order chi connectivity index (χ1) is 5.83. The van der Waals surface area contributed by atoms with Gasteiger partial charge in [0.05, 0.1) is 6.61 Å². The number of hydrogen-bond donors (Lipinski definition) is 1. The van der Waals surface area contributed by atoms with Crippen LogP contribution in [0.1, 0.15) is 12.5 Å². The Kier molecular flexibility index (Phi) is 3.37. The van der Waals surface area contributed by atoms with Crippen LogP contribution in [0, 0.1) is 23.8 Å². The van der Waals surface area contributed by atoms with Gasteiger partial charge in [-0.2, -0.15) is 0 Å². The van der Waals surface area contributed by atoms with Gasteiger partial charge in [0.1, 0.15) is 0 Å². The normalized spacial score (nSPS) is 11.5. The summed E-state index contributed by atoms with van der Waals surface area (Å²) in [6.45, 7) is 2.00. The predicted octanol–water partition coefficient (Wildman–Crippen LogP) is 1.47. The molecule has 1 aromatic rings. The smallest absolute Gasteiger partial charge is 0.0566 e. The fourth-order valence-corrected chi connectivity index (χ4v) is 0.718. The van der Waals surface area contributed by atoms with Crippen molar-refractivity contribution in [2.45, 2.75) is 6.92 Å². The van der Waals surface area contributed by atoms with Crippen LogP contribution in [0.25, 0.3) is 0 Å². The molecule has 1 rings (SSSR count). The van der Waals surface area contributed by atoms with E-state index in [4.69, 9.17) is 5.11 Å². The van der Waals surface area contributed by atoms with Gasteiger partial charge in [0.15, 0.2) is 0 Å². The van der Waals surface area contributed by atoms with Crippen LogP contribution in [0.3, 0.4) is 0 Å². The lowest BCUT2D eigenvalue weighted by Gasteiger charge is -1.93. The summed E-state index contributed by atoms with van der Waals surface area (Å²) in [4.78, 5) is 0. The highest BCUT2D eigenvalue weighted by molar-refractivity contribution is 5.32. The van der Waals surface area contributed by atoms with Gasteiger partial charge in [0, 0.05) is 11.5 Å². The summed E-state index contributed by atoms with van der Waals surface area (Å²) >= 11 is 0. The lowest BCUT2D eigenvalue weighted by molar-refractivity contribution is 0.266. The maximum Gasteiger partial charge on any atom is 0.0566 e. The van der Waals surface area contributed by atoms with E-state index in [0.717, 1.165) is 5.56 Å². The van der Waals surface area contributed by atoms with Gasteiger partial charge in [-0.3, -0.25) is 0 Å². The summed E-state index contributed by atoms with van der Waals surface area (Å²) in [5, 5.41) is 8.70. The monoisotopic (exact) mass is 159 g/mol. The topological polar surface area (TPSA) is 20.2 Å². The Morgan fingerprint density at radius 1 is 1.58 bits per heavy atom. The Bertz CT molecular complexity index is 279. The number of hydrogen-bond acceptors (Lipinski definition) is 1. The Morgan fingerprint density at radius 3 is 3.00 bits per heavy atom. The van der Waals surface area contributed by atoms with Crippen LogP contribution in [0.5, 0.6) is 0 Å². The quantitative estimate of drug-likeness (QED) is 0.615. The van der Waals surface area contributed by atoms with E-state index in [2.05, 4.69) is 17.9 Å². The lowest BCUT2D eigenvalue weighted by atomic mass is 10.1. The molecule has 61 valence electrons. The second kappa shape index (κ2) is 4.58. The van der Waals surface area contributed by atoms with Crippen molar-refractivity contribution < 1.29 is 5.11 Å². The zero-order chi connectivity index (χ0) is 8.81. The van der Waals surface area contributed by atoms with Gasteiger partial charge in [-0.25, -0.2) is 0 Å². The second-order valence-electron chi connectivity index (χ2n) is 2.63. The Balaban J connectivity index is 2.67. The molecule has 1 N–H and O–H groups in total. The molecule has 0 heterocycles. The molecule has 0 aliphatic carbocycles. The van der Waals surface area contributed by atoms with Crippen molar-refractivity contribution in [3.8, 4) is 11.8 Å². The molecule has 0 bridgehead atoms. The van der Waals surface area contributed by atoms with Gasteiger partial charge in [-0.1, -0.05) is 30.0 Å². The number of aliphatic hydroxyl groups is 1. The molecule has 0 amide bonds. The lowest BCUT2D eigenvalue weighted by Crippen LogP contribution is -1.95. The van der Waals surface area contributed by atoms with Crippen LogP contribution in [0.2, 0.25) is 0 Å². The molecule has 1 radical (unpaired) electrons. The molecule has 12 heavy (non-hydrogen) atoms. The average Bonchev–Trinajstić information content (AvgIpc) is 2.16. The summed E-state index contributed by atoms with van der Waals surface area (Å²) in [7, 11) is 0. The van der Waals surface area contributed by atoms with Crippen molar-refractivity contribution in [2.75, 3.05) is 6.61 Å². The third-order valence-electron chi connectivity index (χ3n) is 1.44. The molecule has 1 aromatic carbocycles. The van der Waals surface area contributed by atoms with Crippen molar-refractivity contribution in [1.29, 1.82) is 0 Å². The van der Waals surface area contributed by atoms with Crippen LogP contribution >= 0.6 is 0 Å². The van der Waals surface area contributed by atoms with E-state index in [1.165, 1.54) is 0 Å². The van der Waals surface area contributed by atoms with E-state index >= 15 is 0 Å². The van der Waals surface area contributed by atoms with Crippen LogP contribution in [0.4, 0.5) is 0 Å². The van der Waals surface area contributed by atoms with Crippen LogP contribution in [-0.2, 0) is 0 Å². The molecule has 1 atom stereocenters. The first kappa shape index (κ1) is 8.83. The minimum Gasteiger partial charge on any atom is -0.395 e. The first-order valence-electron chi connectivity index (χ1n) is 3.92. The summed E-state index contributed by atoms with van der Waals surface area (Å²) in [5.41, 5.74) is 0.873. The minimum atomic E-state index is 0.0404.